The SMILES string of the molecule is CCNc1ccc(C(=O)N2C(C)CCC2CC)nc1. The molecule has 104 valence electrons. The number of nitrogens with zero attached hydrogens (tertiary/aromatic N) is 2. The van der Waals surface area contributed by atoms with Gasteiger partial charge in [0.1, 0.15) is 5.69 Å². The van der Waals surface area contributed by atoms with Gasteiger partial charge in [0.05, 0.1) is 11.9 Å². The molecule has 0 aliphatic carbocycles. The van der Waals surface area contributed by atoms with Gasteiger partial charge in [-0.2, -0.15) is 0 Å². The van der Waals surface area contributed by atoms with Gasteiger partial charge in [-0.1, -0.05) is 6.92 Å². The molecule has 1 aliphatic rings. The normalized spacial score (nSPS) is 22.6. The van der Waals surface area contributed by atoms with Gasteiger partial charge in [-0.3, -0.25) is 4.79 Å². The summed E-state index contributed by atoms with van der Waals surface area (Å²) in [6.45, 7) is 7.16. The predicted molar refractivity (Wildman–Crippen MR) is 77.3 cm³/mol. The maximum absolute atomic E-state index is 12.5. The van der Waals surface area contributed by atoms with Crippen molar-refractivity contribution in [3.05, 3.63) is 24.0 Å². The zero-order valence-electron chi connectivity index (χ0n) is 12.0. The van der Waals surface area contributed by atoms with Crippen molar-refractivity contribution in [3.8, 4) is 0 Å². The molecule has 1 fully saturated rings. The van der Waals surface area contributed by atoms with E-state index in [2.05, 4.69) is 24.1 Å². The Morgan fingerprint density at radius 2 is 2.21 bits per heavy atom. The highest BCUT2D eigenvalue weighted by Gasteiger charge is 2.33. The van der Waals surface area contributed by atoms with Crippen molar-refractivity contribution in [1.29, 1.82) is 0 Å². The van der Waals surface area contributed by atoms with Crippen molar-refractivity contribution in [3.63, 3.8) is 0 Å². The molecular formula is C15H23N3O. The summed E-state index contributed by atoms with van der Waals surface area (Å²) in [5.74, 6) is 0.0694. The fraction of sp³-hybridized carbons (Fsp3) is 0.600. The van der Waals surface area contributed by atoms with E-state index in [1.165, 1.54) is 0 Å². The van der Waals surface area contributed by atoms with Gasteiger partial charge >= 0.3 is 0 Å². The summed E-state index contributed by atoms with van der Waals surface area (Å²) >= 11 is 0. The summed E-state index contributed by atoms with van der Waals surface area (Å²) in [4.78, 5) is 18.8. The number of hydrogen-bond donors (Lipinski definition) is 1. The Labute approximate surface area is 115 Å². The average Bonchev–Trinajstić information content (AvgIpc) is 2.80. The largest absolute Gasteiger partial charge is 0.384 e. The Morgan fingerprint density at radius 3 is 2.79 bits per heavy atom. The minimum atomic E-state index is 0.0694. The van der Waals surface area contributed by atoms with Gasteiger partial charge in [-0.05, 0) is 45.2 Å². The third kappa shape index (κ3) is 2.88. The maximum Gasteiger partial charge on any atom is 0.272 e. The minimum Gasteiger partial charge on any atom is -0.384 e. The van der Waals surface area contributed by atoms with E-state index in [1.807, 2.05) is 24.0 Å². The standard InChI is InChI=1S/C15H23N3O/c1-4-13-8-6-11(3)18(13)15(19)14-9-7-12(10-17-14)16-5-2/h7,9-11,13,16H,4-6,8H2,1-3H3. The van der Waals surface area contributed by atoms with Crippen LogP contribution in [-0.4, -0.2) is 34.4 Å². The summed E-state index contributed by atoms with van der Waals surface area (Å²) in [5.41, 5.74) is 1.51. The van der Waals surface area contributed by atoms with Gasteiger partial charge in [0.25, 0.3) is 5.91 Å². The first-order chi connectivity index (χ1) is 9.17. The number of pyridine rings is 1. The minimum absolute atomic E-state index is 0.0694. The van der Waals surface area contributed by atoms with Crippen LogP contribution in [0.3, 0.4) is 0 Å². The van der Waals surface area contributed by atoms with E-state index < -0.39 is 0 Å². The van der Waals surface area contributed by atoms with Crippen molar-refractivity contribution in [2.45, 2.75) is 52.1 Å². The van der Waals surface area contributed by atoms with E-state index in [0.29, 0.717) is 17.8 Å². The van der Waals surface area contributed by atoms with Crippen molar-refractivity contribution in [2.24, 2.45) is 0 Å². The Bertz CT molecular complexity index is 430. The Hall–Kier alpha value is -1.58. The number of carbonyl (C=O) groups excluding carboxylic acids is 1. The molecule has 1 N–H and O–H groups in total. The highest BCUT2D eigenvalue weighted by atomic mass is 16.2. The van der Waals surface area contributed by atoms with E-state index >= 15 is 0 Å². The molecule has 2 atom stereocenters. The van der Waals surface area contributed by atoms with E-state index in [-0.39, 0.29) is 5.91 Å². The average molecular weight is 261 g/mol. The summed E-state index contributed by atoms with van der Waals surface area (Å²) in [7, 11) is 0. The molecule has 1 aromatic rings. The maximum atomic E-state index is 12.5. The number of anilines is 1. The highest BCUT2D eigenvalue weighted by molar-refractivity contribution is 5.93. The van der Waals surface area contributed by atoms with Crippen LogP contribution in [0.25, 0.3) is 0 Å². The fourth-order valence-electron chi connectivity index (χ4n) is 2.80. The second-order valence-corrected chi connectivity index (χ2v) is 5.16. The number of nitrogens with one attached hydrogen (secondary N) is 1. The summed E-state index contributed by atoms with van der Waals surface area (Å²) in [6.07, 6.45) is 4.96. The molecule has 0 spiro atoms. The van der Waals surface area contributed by atoms with Gasteiger partial charge in [0.2, 0.25) is 0 Å². The molecule has 0 radical (unpaired) electrons. The molecule has 4 nitrogen and oxygen atoms in total. The summed E-state index contributed by atoms with van der Waals surface area (Å²) < 4.78 is 0. The van der Waals surface area contributed by atoms with Gasteiger partial charge < -0.3 is 10.2 Å². The van der Waals surface area contributed by atoms with Crippen LogP contribution in [-0.2, 0) is 0 Å². The number of aromatic nitrogens is 1. The molecule has 1 aromatic heterocycles. The third-order valence-electron chi connectivity index (χ3n) is 3.86. The monoisotopic (exact) mass is 261 g/mol. The van der Waals surface area contributed by atoms with Crippen LogP contribution in [0.4, 0.5) is 5.69 Å². The first-order valence-electron chi connectivity index (χ1n) is 7.20. The summed E-state index contributed by atoms with van der Waals surface area (Å²) in [5, 5.41) is 3.18. The molecule has 1 saturated heterocycles. The summed E-state index contributed by atoms with van der Waals surface area (Å²) in [6, 6.07) is 4.44. The molecule has 4 heteroatoms. The Balaban J connectivity index is 2.14. The molecule has 2 unspecified atom stereocenters. The van der Waals surface area contributed by atoms with Gasteiger partial charge in [0.15, 0.2) is 0 Å². The Kier molecular flexibility index (Phi) is 4.40. The van der Waals surface area contributed by atoms with E-state index in [0.717, 1.165) is 31.5 Å². The number of likely N-dealkylation sites (tertiary alicyclic amines) is 1. The van der Waals surface area contributed by atoms with Crippen LogP contribution in [0.5, 0.6) is 0 Å². The van der Waals surface area contributed by atoms with Crippen molar-refractivity contribution >= 4 is 11.6 Å². The molecule has 1 amide bonds. The first kappa shape index (κ1) is 13.8. The molecule has 0 saturated carbocycles. The lowest BCUT2D eigenvalue weighted by molar-refractivity contribution is 0.0670. The highest BCUT2D eigenvalue weighted by Crippen LogP contribution is 2.27. The fourth-order valence-corrected chi connectivity index (χ4v) is 2.80. The lowest BCUT2D eigenvalue weighted by atomic mass is 10.1. The number of carbonyl (C=O) groups is 1. The number of amides is 1. The molecule has 2 heterocycles. The van der Waals surface area contributed by atoms with E-state index in [1.54, 1.807) is 6.20 Å². The zero-order chi connectivity index (χ0) is 13.8. The second-order valence-electron chi connectivity index (χ2n) is 5.16. The smallest absolute Gasteiger partial charge is 0.272 e. The van der Waals surface area contributed by atoms with Crippen LogP contribution < -0.4 is 5.32 Å². The molecule has 1 aliphatic heterocycles. The predicted octanol–water partition coefficient (Wildman–Crippen LogP) is 2.92. The molecule has 2 rings (SSSR count). The number of rotatable bonds is 4. The van der Waals surface area contributed by atoms with Gasteiger partial charge in [-0.15, -0.1) is 0 Å². The molecular weight excluding hydrogens is 238 g/mol. The topological polar surface area (TPSA) is 45.2 Å². The molecule has 19 heavy (non-hydrogen) atoms. The Morgan fingerprint density at radius 1 is 1.42 bits per heavy atom. The van der Waals surface area contributed by atoms with E-state index in [4.69, 9.17) is 0 Å². The van der Waals surface area contributed by atoms with Gasteiger partial charge in [-0.25, -0.2) is 4.98 Å². The zero-order valence-corrected chi connectivity index (χ0v) is 12.0. The van der Waals surface area contributed by atoms with Crippen LogP contribution in [0.15, 0.2) is 18.3 Å². The third-order valence-corrected chi connectivity index (χ3v) is 3.86. The van der Waals surface area contributed by atoms with Crippen LogP contribution in [0.1, 0.15) is 50.5 Å². The first-order valence-corrected chi connectivity index (χ1v) is 7.20. The van der Waals surface area contributed by atoms with Crippen LogP contribution in [0, 0.1) is 0 Å². The van der Waals surface area contributed by atoms with Crippen molar-refractivity contribution in [1.82, 2.24) is 9.88 Å². The molecule has 0 bridgehead atoms. The van der Waals surface area contributed by atoms with Crippen LogP contribution >= 0.6 is 0 Å². The number of hydrogen-bond acceptors (Lipinski definition) is 3. The lowest BCUT2D eigenvalue weighted by Gasteiger charge is -2.27. The second kappa shape index (κ2) is 6.04. The van der Waals surface area contributed by atoms with Crippen LogP contribution in [0.2, 0.25) is 0 Å². The van der Waals surface area contributed by atoms with Crippen molar-refractivity contribution < 1.29 is 4.79 Å². The van der Waals surface area contributed by atoms with Crippen molar-refractivity contribution in [2.75, 3.05) is 11.9 Å². The van der Waals surface area contributed by atoms with E-state index in [9.17, 15) is 4.79 Å². The quantitative estimate of drug-likeness (QED) is 0.906. The van der Waals surface area contributed by atoms with Gasteiger partial charge in [0, 0.05) is 18.6 Å². The lowest BCUT2D eigenvalue weighted by Crippen LogP contribution is -2.40. The molecule has 0 aromatic carbocycles.